The second kappa shape index (κ2) is 4.95. The zero-order valence-corrected chi connectivity index (χ0v) is 10.4. The fourth-order valence-electron chi connectivity index (χ4n) is 1.87. The SMILES string of the molecule is CCNC(=O)Cn1c(N)nc2c(OC)cccc21. The fraction of sp³-hybridized carbons (Fsp3) is 0.333. The Kier molecular flexibility index (Phi) is 3.36. The van der Waals surface area contributed by atoms with Crippen LogP contribution in [0.25, 0.3) is 11.0 Å². The van der Waals surface area contributed by atoms with Gasteiger partial charge >= 0.3 is 0 Å². The molecule has 2 rings (SSSR count). The Balaban J connectivity index is 2.44. The molecule has 0 aliphatic carbocycles. The van der Waals surface area contributed by atoms with E-state index in [2.05, 4.69) is 10.3 Å². The Morgan fingerprint density at radius 2 is 2.33 bits per heavy atom. The van der Waals surface area contributed by atoms with Gasteiger partial charge in [0.15, 0.2) is 0 Å². The molecule has 1 amide bonds. The number of likely N-dealkylation sites (N-methyl/N-ethyl adjacent to an activating group) is 1. The highest BCUT2D eigenvalue weighted by molar-refractivity contribution is 5.86. The van der Waals surface area contributed by atoms with Gasteiger partial charge in [-0.15, -0.1) is 0 Å². The quantitative estimate of drug-likeness (QED) is 0.837. The van der Waals surface area contributed by atoms with Crippen molar-refractivity contribution in [3.63, 3.8) is 0 Å². The van der Waals surface area contributed by atoms with Gasteiger partial charge in [-0.2, -0.15) is 0 Å². The van der Waals surface area contributed by atoms with E-state index in [4.69, 9.17) is 10.5 Å². The van der Waals surface area contributed by atoms with Crippen molar-refractivity contribution in [2.45, 2.75) is 13.5 Å². The number of anilines is 1. The van der Waals surface area contributed by atoms with Gasteiger partial charge in [-0.05, 0) is 19.1 Å². The van der Waals surface area contributed by atoms with E-state index < -0.39 is 0 Å². The summed E-state index contributed by atoms with van der Waals surface area (Å²) in [5, 5.41) is 2.73. The number of amides is 1. The smallest absolute Gasteiger partial charge is 0.240 e. The second-order valence-electron chi connectivity index (χ2n) is 3.84. The van der Waals surface area contributed by atoms with Crippen molar-refractivity contribution in [2.24, 2.45) is 0 Å². The molecule has 96 valence electrons. The van der Waals surface area contributed by atoms with Gasteiger partial charge < -0.3 is 20.4 Å². The number of fused-ring (bicyclic) bond motifs is 1. The molecule has 0 atom stereocenters. The van der Waals surface area contributed by atoms with E-state index in [0.717, 1.165) is 5.52 Å². The van der Waals surface area contributed by atoms with Crippen LogP contribution in [0.3, 0.4) is 0 Å². The number of benzene rings is 1. The van der Waals surface area contributed by atoms with Crippen molar-refractivity contribution in [3.05, 3.63) is 18.2 Å². The van der Waals surface area contributed by atoms with Crippen molar-refractivity contribution in [3.8, 4) is 5.75 Å². The maximum atomic E-state index is 11.6. The summed E-state index contributed by atoms with van der Waals surface area (Å²) in [5.41, 5.74) is 7.30. The summed E-state index contributed by atoms with van der Waals surface area (Å²) in [6.45, 7) is 2.62. The van der Waals surface area contributed by atoms with Crippen LogP contribution in [0.15, 0.2) is 18.2 Å². The number of carbonyl (C=O) groups is 1. The van der Waals surface area contributed by atoms with Crippen molar-refractivity contribution in [1.82, 2.24) is 14.9 Å². The Labute approximate surface area is 105 Å². The van der Waals surface area contributed by atoms with Crippen molar-refractivity contribution < 1.29 is 9.53 Å². The zero-order valence-electron chi connectivity index (χ0n) is 10.4. The van der Waals surface area contributed by atoms with Crippen LogP contribution in [0.1, 0.15) is 6.92 Å². The largest absolute Gasteiger partial charge is 0.494 e. The number of para-hydroxylation sites is 1. The number of hydrogen-bond donors (Lipinski definition) is 2. The van der Waals surface area contributed by atoms with Gasteiger partial charge in [0.25, 0.3) is 0 Å². The van der Waals surface area contributed by atoms with Crippen LogP contribution in [0.5, 0.6) is 5.75 Å². The fourth-order valence-corrected chi connectivity index (χ4v) is 1.87. The number of nitrogens with zero attached hydrogens (tertiary/aromatic N) is 2. The van der Waals surface area contributed by atoms with Gasteiger partial charge in [0.1, 0.15) is 17.8 Å². The monoisotopic (exact) mass is 248 g/mol. The third kappa shape index (κ3) is 2.09. The number of methoxy groups -OCH3 is 1. The van der Waals surface area contributed by atoms with Crippen LogP contribution in [0.4, 0.5) is 5.95 Å². The lowest BCUT2D eigenvalue weighted by molar-refractivity contribution is -0.121. The predicted molar refractivity (Wildman–Crippen MR) is 69.4 cm³/mol. The summed E-state index contributed by atoms with van der Waals surface area (Å²) in [6.07, 6.45) is 0. The van der Waals surface area contributed by atoms with E-state index in [0.29, 0.717) is 23.8 Å². The van der Waals surface area contributed by atoms with E-state index in [-0.39, 0.29) is 12.5 Å². The van der Waals surface area contributed by atoms with Gasteiger partial charge in [0.05, 0.1) is 12.6 Å². The third-order valence-corrected chi connectivity index (χ3v) is 2.67. The first-order valence-corrected chi connectivity index (χ1v) is 5.72. The molecule has 0 aliphatic rings. The summed E-state index contributed by atoms with van der Waals surface area (Å²) in [5.74, 6) is 0.862. The van der Waals surface area contributed by atoms with E-state index in [9.17, 15) is 4.79 Å². The molecule has 2 aromatic rings. The molecule has 0 aliphatic heterocycles. The lowest BCUT2D eigenvalue weighted by Crippen LogP contribution is -2.27. The van der Waals surface area contributed by atoms with Crippen LogP contribution in [-0.2, 0) is 11.3 Å². The summed E-state index contributed by atoms with van der Waals surface area (Å²) in [7, 11) is 1.58. The zero-order chi connectivity index (χ0) is 13.1. The average Bonchev–Trinajstić information content (AvgIpc) is 2.66. The maximum absolute atomic E-state index is 11.6. The molecule has 1 heterocycles. The number of nitrogen functional groups attached to an aromatic ring is 1. The molecule has 0 spiro atoms. The minimum absolute atomic E-state index is 0.0914. The van der Waals surface area contributed by atoms with Gasteiger partial charge in [-0.3, -0.25) is 4.79 Å². The highest BCUT2D eigenvalue weighted by Crippen LogP contribution is 2.26. The first-order chi connectivity index (χ1) is 8.67. The Bertz CT molecular complexity index is 577. The Morgan fingerprint density at radius 3 is 3.00 bits per heavy atom. The lowest BCUT2D eigenvalue weighted by atomic mass is 10.3. The van der Waals surface area contributed by atoms with Crippen LogP contribution < -0.4 is 15.8 Å². The topological polar surface area (TPSA) is 82.2 Å². The maximum Gasteiger partial charge on any atom is 0.240 e. The second-order valence-corrected chi connectivity index (χ2v) is 3.84. The molecule has 6 heteroatoms. The first kappa shape index (κ1) is 12.2. The standard InChI is InChI=1S/C12H16N4O2/c1-3-14-10(17)7-16-8-5-4-6-9(18-2)11(8)15-12(16)13/h4-6H,3,7H2,1-2H3,(H2,13,15)(H,14,17). The summed E-state index contributed by atoms with van der Waals surface area (Å²) in [6, 6.07) is 5.52. The number of ether oxygens (including phenoxy) is 1. The molecule has 0 bridgehead atoms. The van der Waals surface area contributed by atoms with E-state index in [1.807, 2.05) is 25.1 Å². The number of carbonyl (C=O) groups excluding carboxylic acids is 1. The molecular formula is C12H16N4O2. The van der Waals surface area contributed by atoms with Gasteiger partial charge in [0.2, 0.25) is 11.9 Å². The normalized spacial score (nSPS) is 10.6. The Morgan fingerprint density at radius 1 is 1.56 bits per heavy atom. The van der Waals surface area contributed by atoms with Crippen molar-refractivity contribution in [1.29, 1.82) is 0 Å². The third-order valence-electron chi connectivity index (χ3n) is 2.67. The minimum atomic E-state index is -0.0914. The molecule has 0 saturated carbocycles. The highest BCUT2D eigenvalue weighted by Gasteiger charge is 2.13. The molecule has 1 aromatic heterocycles. The number of hydrogen-bond acceptors (Lipinski definition) is 4. The number of nitrogens with one attached hydrogen (secondary N) is 1. The Hall–Kier alpha value is -2.24. The first-order valence-electron chi connectivity index (χ1n) is 5.72. The molecule has 0 fully saturated rings. The highest BCUT2D eigenvalue weighted by atomic mass is 16.5. The lowest BCUT2D eigenvalue weighted by Gasteiger charge is -2.06. The molecule has 0 saturated heterocycles. The van der Waals surface area contributed by atoms with Crippen LogP contribution in [0, 0.1) is 0 Å². The molecule has 0 radical (unpaired) electrons. The van der Waals surface area contributed by atoms with E-state index in [1.165, 1.54) is 0 Å². The van der Waals surface area contributed by atoms with Gasteiger partial charge in [-0.1, -0.05) is 6.07 Å². The summed E-state index contributed by atoms with van der Waals surface area (Å²) >= 11 is 0. The molecule has 0 unspecified atom stereocenters. The van der Waals surface area contributed by atoms with Crippen molar-refractivity contribution in [2.75, 3.05) is 19.4 Å². The van der Waals surface area contributed by atoms with Crippen LogP contribution in [-0.4, -0.2) is 29.1 Å². The number of rotatable bonds is 4. The number of imidazole rings is 1. The summed E-state index contributed by atoms with van der Waals surface area (Å²) < 4.78 is 6.89. The van der Waals surface area contributed by atoms with Crippen LogP contribution >= 0.6 is 0 Å². The summed E-state index contributed by atoms with van der Waals surface area (Å²) in [4.78, 5) is 15.8. The molecule has 18 heavy (non-hydrogen) atoms. The van der Waals surface area contributed by atoms with Crippen molar-refractivity contribution >= 4 is 22.9 Å². The van der Waals surface area contributed by atoms with Gasteiger partial charge in [0, 0.05) is 6.54 Å². The van der Waals surface area contributed by atoms with Crippen LogP contribution in [0.2, 0.25) is 0 Å². The molecule has 6 nitrogen and oxygen atoms in total. The predicted octanol–water partition coefficient (Wildman–Crippen LogP) is 0.763. The molecule has 3 N–H and O–H groups in total. The number of aromatic nitrogens is 2. The molecular weight excluding hydrogens is 232 g/mol. The average molecular weight is 248 g/mol. The van der Waals surface area contributed by atoms with Gasteiger partial charge in [-0.25, -0.2) is 4.98 Å². The molecule has 1 aromatic carbocycles. The minimum Gasteiger partial charge on any atom is -0.494 e. The van der Waals surface area contributed by atoms with E-state index in [1.54, 1.807) is 11.7 Å². The number of nitrogens with two attached hydrogens (primary N) is 1. The van der Waals surface area contributed by atoms with E-state index >= 15 is 0 Å².